The molecule has 0 heterocycles. The molecule has 0 aliphatic heterocycles. The highest BCUT2D eigenvalue weighted by Crippen LogP contribution is 2.32. The number of para-hydroxylation sites is 1. The summed E-state index contributed by atoms with van der Waals surface area (Å²) in [7, 11) is 0. The molecule has 1 aromatic carbocycles. The number of hydrogen-bond acceptors (Lipinski definition) is 4. The van der Waals surface area contributed by atoms with Crippen LogP contribution in [-0.4, -0.2) is 11.5 Å². The van der Waals surface area contributed by atoms with Crippen LogP contribution in [0, 0.1) is 21.4 Å². The lowest BCUT2D eigenvalue weighted by molar-refractivity contribution is -0.383. The lowest BCUT2D eigenvalue weighted by atomic mass is 9.82. The topological polar surface area (TPSA) is 81.2 Å². The van der Waals surface area contributed by atoms with Gasteiger partial charge < -0.3 is 11.1 Å². The maximum absolute atomic E-state index is 11.0. The molecule has 0 amide bonds. The molecule has 0 bridgehead atoms. The van der Waals surface area contributed by atoms with E-state index in [0.717, 1.165) is 0 Å². The van der Waals surface area contributed by atoms with Gasteiger partial charge in [0.1, 0.15) is 11.4 Å². The first-order chi connectivity index (χ1) is 8.23. The van der Waals surface area contributed by atoms with Gasteiger partial charge in [-0.1, -0.05) is 33.8 Å². The summed E-state index contributed by atoms with van der Waals surface area (Å²) in [5, 5.41) is 14.1. The van der Waals surface area contributed by atoms with E-state index < -0.39 is 4.92 Å². The molecule has 0 aliphatic rings. The van der Waals surface area contributed by atoms with Crippen LogP contribution in [0.25, 0.3) is 0 Å². The number of anilines is 2. The molecule has 5 nitrogen and oxygen atoms in total. The smallest absolute Gasteiger partial charge is 0.314 e. The third-order valence-corrected chi connectivity index (χ3v) is 3.33. The van der Waals surface area contributed by atoms with Gasteiger partial charge in [-0.05, 0) is 23.5 Å². The molecule has 0 fully saturated rings. The summed E-state index contributed by atoms with van der Waals surface area (Å²) >= 11 is 0. The predicted octanol–water partition coefficient (Wildman–Crippen LogP) is 3.27. The number of nitro benzene ring substituents is 1. The first-order valence-corrected chi connectivity index (χ1v) is 6.00. The van der Waals surface area contributed by atoms with Gasteiger partial charge in [0.15, 0.2) is 0 Å². The first kappa shape index (κ1) is 14.3. The van der Waals surface area contributed by atoms with Crippen LogP contribution in [0.5, 0.6) is 0 Å². The largest absolute Gasteiger partial charge is 0.393 e. The van der Waals surface area contributed by atoms with Gasteiger partial charge in [-0.15, -0.1) is 0 Å². The maximum Gasteiger partial charge on any atom is 0.314 e. The molecule has 18 heavy (non-hydrogen) atoms. The van der Waals surface area contributed by atoms with Gasteiger partial charge in [-0.2, -0.15) is 0 Å². The molecule has 100 valence electrons. The van der Waals surface area contributed by atoms with Gasteiger partial charge in [-0.25, -0.2) is 0 Å². The summed E-state index contributed by atoms with van der Waals surface area (Å²) in [6, 6.07) is 4.94. The Balaban J connectivity index is 2.86. The summed E-state index contributed by atoms with van der Waals surface area (Å²) < 4.78 is 0. The third-order valence-electron chi connectivity index (χ3n) is 3.33. The van der Waals surface area contributed by atoms with Crippen LogP contribution in [-0.2, 0) is 0 Å². The predicted molar refractivity (Wildman–Crippen MR) is 74.6 cm³/mol. The molecule has 0 saturated carbocycles. The second-order valence-electron chi connectivity index (χ2n) is 5.65. The molecule has 0 radical (unpaired) electrons. The molecule has 3 N–H and O–H groups in total. The minimum absolute atomic E-state index is 0.0430. The lowest BCUT2D eigenvalue weighted by Gasteiger charge is -2.27. The monoisotopic (exact) mass is 251 g/mol. The number of nitrogen functional groups attached to an aromatic ring is 1. The van der Waals surface area contributed by atoms with E-state index in [9.17, 15) is 10.1 Å². The number of benzene rings is 1. The van der Waals surface area contributed by atoms with Crippen LogP contribution in [0.4, 0.5) is 17.1 Å². The third kappa shape index (κ3) is 3.35. The van der Waals surface area contributed by atoms with Gasteiger partial charge in [0.2, 0.25) is 0 Å². The Morgan fingerprint density at radius 1 is 1.44 bits per heavy atom. The fraction of sp³-hybridized carbons (Fsp3) is 0.538. The van der Waals surface area contributed by atoms with Gasteiger partial charge in [-0.3, -0.25) is 10.1 Å². The number of rotatable bonds is 4. The van der Waals surface area contributed by atoms with E-state index >= 15 is 0 Å². The van der Waals surface area contributed by atoms with Crippen molar-refractivity contribution >= 4 is 17.1 Å². The number of nitrogens with two attached hydrogens (primary N) is 1. The first-order valence-electron chi connectivity index (χ1n) is 6.00. The Morgan fingerprint density at radius 2 is 2.06 bits per heavy atom. The molecule has 1 aromatic rings. The van der Waals surface area contributed by atoms with Crippen molar-refractivity contribution in [2.45, 2.75) is 27.7 Å². The van der Waals surface area contributed by atoms with Gasteiger partial charge >= 0.3 is 5.69 Å². The van der Waals surface area contributed by atoms with E-state index in [1.54, 1.807) is 12.1 Å². The number of nitro groups is 1. The zero-order valence-electron chi connectivity index (χ0n) is 11.4. The summed E-state index contributed by atoms with van der Waals surface area (Å²) in [5.41, 5.74) is 6.42. The molecule has 0 aromatic heterocycles. The highest BCUT2D eigenvalue weighted by Gasteiger charge is 2.22. The van der Waals surface area contributed by atoms with Gasteiger partial charge in [0, 0.05) is 6.54 Å². The standard InChI is InChI=1S/C13H21N3O2/c1-9(13(2,3)4)8-15-11-7-5-6-10(14)12(11)16(17)18/h5-7,9,15H,8,14H2,1-4H3. The molecule has 1 unspecified atom stereocenters. The molecular weight excluding hydrogens is 230 g/mol. The quantitative estimate of drug-likeness (QED) is 0.489. The SMILES string of the molecule is CC(CNc1cccc(N)c1[N+](=O)[O-])C(C)(C)C. The zero-order chi connectivity index (χ0) is 13.9. The summed E-state index contributed by atoms with van der Waals surface area (Å²) in [5.74, 6) is 0.388. The van der Waals surface area contributed by atoms with Crippen LogP contribution < -0.4 is 11.1 Å². The Hall–Kier alpha value is -1.78. The summed E-state index contributed by atoms with van der Waals surface area (Å²) in [6.07, 6.45) is 0. The zero-order valence-corrected chi connectivity index (χ0v) is 11.4. The van der Waals surface area contributed by atoms with Crippen molar-refractivity contribution in [2.24, 2.45) is 11.3 Å². The Morgan fingerprint density at radius 3 is 2.56 bits per heavy atom. The van der Waals surface area contributed by atoms with Gasteiger partial charge in [0.25, 0.3) is 0 Å². The average Bonchev–Trinajstić information content (AvgIpc) is 2.23. The van der Waals surface area contributed by atoms with Crippen molar-refractivity contribution in [2.75, 3.05) is 17.6 Å². The minimum atomic E-state index is -0.445. The minimum Gasteiger partial charge on any atom is -0.393 e. The van der Waals surface area contributed by atoms with Crippen LogP contribution in [0.2, 0.25) is 0 Å². The highest BCUT2D eigenvalue weighted by molar-refractivity contribution is 5.74. The molecule has 1 rings (SSSR count). The van der Waals surface area contributed by atoms with Crippen molar-refractivity contribution in [3.8, 4) is 0 Å². The number of nitrogens with one attached hydrogen (secondary N) is 1. The second-order valence-corrected chi connectivity index (χ2v) is 5.65. The summed E-state index contributed by atoms with van der Waals surface area (Å²) in [6.45, 7) is 9.23. The average molecular weight is 251 g/mol. The fourth-order valence-electron chi connectivity index (χ4n) is 1.48. The lowest BCUT2D eigenvalue weighted by Crippen LogP contribution is -2.25. The van der Waals surface area contributed by atoms with Crippen molar-refractivity contribution in [1.29, 1.82) is 0 Å². The fourth-order valence-corrected chi connectivity index (χ4v) is 1.48. The van der Waals surface area contributed by atoms with Crippen molar-refractivity contribution < 1.29 is 4.92 Å². The molecule has 0 spiro atoms. The molecule has 5 heteroatoms. The van der Waals surface area contributed by atoms with Crippen molar-refractivity contribution in [1.82, 2.24) is 0 Å². The normalized spacial score (nSPS) is 13.1. The van der Waals surface area contributed by atoms with Crippen LogP contribution in [0.1, 0.15) is 27.7 Å². The molecule has 1 atom stereocenters. The van der Waals surface area contributed by atoms with Gasteiger partial charge in [0.05, 0.1) is 4.92 Å². The van der Waals surface area contributed by atoms with E-state index in [1.807, 2.05) is 0 Å². The van der Waals surface area contributed by atoms with Crippen LogP contribution in [0.3, 0.4) is 0 Å². The van der Waals surface area contributed by atoms with Crippen molar-refractivity contribution in [3.63, 3.8) is 0 Å². The Bertz CT molecular complexity index is 438. The summed E-state index contributed by atoms with van der Waals surface area (Å²) in [4.78, 5) is 10.5. The molecule has 0 saturated heterocycles. The van der Waals surface area contributed by atoms with E-state index in [2.05, 4.69) is 33.0 Å². The van der Waals surface area contributed by atoms with E-state index in [1.165, 1.54) is 6.07 Å². The van der Waals surface area contributed by atoms with E-state index in [-0.39, 0.29) is 16.8 Å². The highest BCUT2D eigenvalue weighted by atomic mass is 16.6. The number of hydrogen-bond donors (Lipinski definition) is 2. The molecular formula is C13H21N3O2. The second kappa shape index (κ2) is 5.25. The van der Waals surface area contributed by atoms with Crippen LogP contribution in [0.15, 0.2) is 18.2 Å². The maximum atomic E-state index is 11.0. The Kier molecular flexibility index (Phi) is 4.16. The number of nitrogens with zero attached hydrogens (tertiary/aromatic N) is 1. The van der Waals surface area contributed by atoms with Crippen molar-refractivity contribution in [3.05, 3.63) is 28.3 Å². The van der Waals surface area contributed by atoms with E-state index in [0.29, 0.717) is 18.2 Å². The van der Waals surface area contributed by atoms with E-state index in [4.69, 9.17) is 5.73 Å². The van der Waals surface area contributed by atoms with Crippen LogP contribution >= 0.6 is 0 Å². The Labute approximate surface area is 108 Å². The molecule has 0 aliphatic carbocycles.